The van der Waals surface area contributed by atoms with E-state index < -0.39 is 11.6 Å². The first-order valence-corrected chi connectivity index (χ1v) is 6.63. The Kier molecular flexibility index (Phi) is 4.98. The van der Waals surface area contributed by atoms with E-state index in [1.165, 1.54) is 6.07 Å². The predicted octanol–water partition coefficient (Wildman–Crippen LogP) is 3.98. The van der Waals surface area contributed by atoms with Crippen LogP contribution in [0.15, 0.2) is 36.4 Å². The summed E-state index contributed by atoms with van der Waals surface area (Å²) >= 11 is 0. The Morgan fingerprint density at radius 3 is 2.62 bits per heavy atom. The molecule has 0 amide bonds. The minimum atomic E-state index is -0.848. The number of rotatable bonds is 6. The third kappa shape index (κ3) is 3.62. The Hall–Kier alpha value is -2.30. The molecule has 5 heteroatoms. The molecule has 3 nitrogen and oxygen atoms in total. The highest BCUT2D eigenvalue weighted by Gasteiger charge is 2.08. The largest absolute Gasteiger partial charge is 0.493 e. The van der Waals surface area contributed by atoms with Crippen molar-refractivity contribution in [2.45, 2.75) is 13.5 Å². The lowest BCUT2D eigenvalue weighted by Gasteiger charge is -2.13. The second-order valence-electron chi connectivity index (χ2n) is 4.37. The van der Waals surface area contributed by atoms with Gasteiger partial charge >= 0.3 is 0 Å². The summed E-state index contributed by atoms with van der Waals surface area (Å²) in [4.78, 5) is 0. The number of anilines is 1. The highest BCUT2D eigenvalue weighted by Crippen LogP contribution is 2.30. The fourth-order valence-corrected chi connectivity index (χ4v) is 1.94. The summed E-state index contributed by atoms with van der Waals surface area (Å²) in [5, 5.41) is 3.04. The van der Waals surface area contributed by atoms with Crippen LogP contribution < -0.4 is 14.8 Å². The molecule has 2 rings (SSSR count). The van der Waals surface area contributed by atoms with Gasteiger partial charge in [-0.05, 0) is 25.1 Å². The molecule has 0 fully saturated rings. The Labute approximate surface area is 122 Å². The summed E-state index contributed by atoms with van der Waals surface area (Å²) in [5.74, 6) is -0.452. The van der Waals surface area contributed by atoms with E-state index in [4.69, 9.17) is 9.47 Å². The van der Waals surface area contributed by atoms with Gasteiger partial charge in [-0.15, -0.1) is 0 Å². The van der Waals surface area contributed by atoms with Gasteiger partial charge < -0.3 is 14.8 Å². The molecule has 0 aliphatic rings. The summed E-state index contributed by atoms with van der Waals surface area (Å²) in [6.07, 6.45) is 0. The van der Waals surface area contributed by atoms with Gasteiger partial charge in [0, 0.05) is 23.9 Å². The normalized spacial score (nSPS) is 10.3. The minimum Gasteiger partial charge on any atom is -0.493 e. The van der Waals surface area contributed by atoms with Crippen LogP contribution in [0, 0.1) is 11.6 Å². The van der Waals surface area contributed by atoms with Crippen LogP contribution >= 0.6 is 0 Å². The van der Waals surface area contributed by atoms with Crippen LogP contribution in [0.5, 0.6) is 11.5 Å². The highest BCUT2D eigenvalue weighted by atomic mass is 19.2. The van der Waals surface area contributed by atoms with E-state index in [0.29, 0.717) is 18.1 Å². The lowest BCUT2D eigenvalue weighted by atomic mass is 10.2. The molecule has 1 N–H and O–H groups in total. The Morgan fingerprint density at radius 1 is 1.10 bits per heavy atom. The first-order chi connectivity index (χ1) is 10.2. The summed E-state index contributed by atoms with van der Waals surface area (Å²) in [7, 11) is 1.56. The lowest BCUT2D eigenvalue weighted by molar-refractivity contribution is 0.311. The van der Waals surface area contributed by atoms with Crippen molar-refractivity contribution >= 4 is 5.69 Å². The van der Waals surface area contributed by atoms with Gasteiger partial charge in [0.2, 0.25) is 0 Å². The van der Waals surface area contributed by atoms with E-state index in [0.717, 1.165) is 11.8 Å². The first kappa shape index (κ1) is 15.1. The fraction of sp³-hybridized carbons (Fsp3) is 0.250. The molecule has 0 bridgehead atoms. The van der Waals surface area contributed by atoms with E-state index in [2.05, 4.69) is 5.32 Å². The molecule has 0 saturated heterocycles. The predicted molar refractivity (Wildman–Crippen MR) is 77.8 cm³/mol. The average molecular weight is 293 g/mol. The van der Waals surface area contributed by atoms with Gasteiger partial charge in [0.1, 0.15) is 0 Å². The molecule has 112 valence electrons. The van der Waals surface area contributed by atoms with Crippen LogP contribution in [-0.2, 0) is 6.54 Å². The monoisotopic (exact) mass is 293 g/mol. The fourth-order valence-electron chi connectivity index (χ4n) is 1.94. The van der Waals surface area contributed by atoms with Crippen LogP contribution in [0.2, 0.25) is 0 Å². The van der Waals surface area contributed by atoms with E-state index in [1.54, 1.807) is 31.4 Å². The molecule has 0 heterocycles. The maximum atomic E-state index is 13.6. The summed E-state index contributed by atoms with van der Waals surface area (Å²) in [5.41, 5.74) is 1.01. The molecule has 0 saturated carbocycles. The number of hydrogen-bond acceptors (Lipinski definition) is 3. The molecule has 0 atom stereocenters. The van der Waals surface area contributed by atoms with Crippen molar-refractivity contribution in [3.05, 3.63) is 53.6 Å². The Balaban J connectivity index is 2.13. The van der Waals surface area contributed by atoms with Gasteiger partial charge in [-0.3, -0.25) is 0 Å². The molecule has 2 aromatic rings. The molecule has 0 aliphatic heterocycles. The second kappa shape index (κ2) is 6.92. The van der Waals surface area contributed by atoms with Gasteiger partial charge in [-0.2, -0.15) is 0 Å². The summed E-state index contributed by atoms with van der Waals surface area (Å²) in [6, 6.07) is 9.43. The number of halogens is 2. The second-order valence-corrected chi connectivity index (χ2v) is 4.37. The van der Waals surface area contributed by atoms with Crippen LogP contribution in [0.1, 0.15) is 12.5 Å². The SMILES string of the molecule is CCOc1cc(NCc2cccc(F)c2F)ccc1OC. The van der Waals surface area contributed by atoms with Crippen LogP contribution in [0.25, 0.3) is 0 Å². The lowest BCUT2D eigenvalue weighted by Crippen LogP contribution is -2.04. The van der Waals surface area contributed by atoms with Gasteiger partial charge in [0.05, 0.1) is 13.7 Å². The number of benzene rings is 2. The van der Waals surface area contributed by atoms with E-state index in [1.807, 2.05) is 6.92 Å². The van der Waals surface area contributed by atoms with Crippen molar-refractivity contribution in [1.29, 1.82) is 0 Å². The molecule has 0 unspecified atom stereocenters. The van der Waals surface area contributed by atoms with Crippen molar-refractivity contribution in [3.63, 3.8) is 0 Å². The zero-order chi connectivity index (χ0) is 15.2. The van der Waals surface area contributed by atoms with Crippen molar-refractivity contribution in [1.82, 2.24) is 0 Å². The quantitative estimate of drug-likeness (QED) is 0.873. The number of methoxy groups -OCH3 is 1. The smallest absolute Gasteiger partial charge is 0.163 e. The zero-order valence-electron chi connectivity index (χ0n) is 12.0. The number of ether oxygens (including phenoxy) is 2. The van der Waals surface area contributed by atoms with E-state index >= 15 is 0 Å². The molecule has 2 aromatic carbocycles. The summed E-state index contributed by atoms with van der Waals surface area (Å²) in [6.45, 7) is 2.57. The van der Waals surface area contributed by atoms with Gasteiger partial charge in [0.15, 0.2) is 23.1 Å². The molecule has 0 aromatic heterocycles. The van der Waals surface area contributed by atoms with Crippen molar-refractivity contribution in [2.24, 2.45) is 0 Å². The third-order valence-electron chi connectivity index (χ3n) is 2.98. The highest BCUT2D eigenvalue weighted by molar-refractivity contribution is 5.55. The van der Waals surface area contributed by atoms with Gasteiger partial charge in [-0.1, -0.05) is 12.1 Å². The Morgan fingerprint density at radius 2 is 1.90 bits per heavy atom. The zero-order valence-corrected chi connectivity index (χ0v) is 12.0. The first-order valence-electron chi connectivity index (χ1n) is 6.63. The van der Waals surface area contributed by atoms with Gasteiger partial charge in [0.25, 0.3) is 0 Å². The van der Waals surface area contributed by atoms with Crippen LogP contribution in [0.3, 0.4) is 0 Å². The topological polar surface area (TPSA) is 30.5 Å². The van der Waals surface area contributed by atoms with E-state index in [-0.39, 0.29) is 12.1 Å². The van der Waals surface area contributed by atoms with Crippen LogP contribution in [-0.4, -0.2) is 13.7 Å². The maximum absolute atomic E-state index is 13.6. The third-order valence-corrected chi connectivity index (χ3v) is 2.98. The minimum absolute atomic E-state index is 0.182. The average Bonchev–Trinajstić information content (AvgIpc) is 2.49. The maximum Gasteiger partial charge on any atom is 0.163 e. The molecule has 21 heavy (non-hydrogen) atoms. The summed E-state index contributed by atoms with van der Waals surface area (Å²) < 4.78 is 37.3. The molecule has 0 radical (unpaired) electrons. The van der Waals surface area contributed by atoms with E-state index in [9.17, 15) is 8.78 Å². The van der Waals surface area contributed by atoms with Crippen molar-refractivity contribution < 1.29 is 18.3 Å². The Bertz CT molecular complexity index is 617. The van der Waals surface area contributed by atoms with Gasteiger partial charge in [-0.25, -0.2) is 8.78 Å². The molecule has 0 aliphatic carbocycles. The number of hydrogen-bond donors (Lipinski definition) is 1. The molecular formula is C16H17F2NO2. The van der Waals surface area contributed by atoms with Crippen molar-refractivity contribution in [2.75, 3.05) is 19.0 Å². The molecular weight excluding hydrogens is 276 g/mol. The number of nitrogens with one attached hydrogen (secondary N) is 1. The van der Waals surface area contributed by atoms with Crippen molar-refractivity contribution in [3.8, 4) is 11.5 Å². The standard InChI is InChI=1S/C16H17F2NO2/c1-3-21-15-9-12(7-8-14(15)20-2)19-10-11-5-4-6-13(17)16(11)18/h4-9,19H,3,10H2,1-2H3. The molecule has 0 spiro atoms. The van der Waals surface area contributed by atoms with Crippen LogP contribution in [0.4, 0.5) is 14.5 Å².